The molecular weight excluding hydrogens is 741 g/mol. The summed E-state index contributed by atoms with van der Waals surface area (Å²) >= 11 is 0. The third-order valence-electron chi connectivity index (χ3n) is 13.6. The van der Waals surface area contributed by atoms with Crippen LogP contribution in [0.5, 0.6) is 0 Å². The Hall–Kier alpha value is -1.89. The molecule has 5 atom stereocenters. The van der Waals surface area contributed by atoms with E-state index in [4.69, 9.17) is 22.8 Å². The first-order valence-electron chi connectivity index (χ1n) is 21.9. The summed E-state index contributed by atoms with van der Waals surface area (Å²) in [5, 5.41) is 0. The van der Waals surface area contributed by atoms with Crippen molar-refractivity contribution in [1.29, 1.82) is 0 Å². The minimum Gasteiger partial charge on any atom is -0.409 e. The quantitative estimate of drug-likeness (QED) is 0.106. The van der Waals surface area contributed by atoms with Crippen LogP contribution in [0.3, 0.4) is 0 Å². The van der Waals surface area contributed by atoms with Crippen molar-refractivity contribution < 1.29 is 22.8 Å². The molecule has 310 valence electrons. The highest BCUT2D eigenvalue weighted by molar-refractivity contribution is 6.78. The predicted molar refractivity (Wildman–Crippen MR) is 242 cm³/mol. The van der Waals surface area contributed by atoms with Gasteiger partial charge < -0.3 is 22.8 Å². The van der Waals surface area contributed by atoms with Crippen molar-refractivity contribution in [2.45, 2.75) is 184 Å². The molecule has 0 saturated carbocycles. The van der Waals surface area contributed by atoms with Gasteiger partial charge in [0, 0.05) is 0 Å². The van der Waals surface area contributed by atoms with E-state index in [9.17, 15) is 0 Å². The molecule has 0 unspecified atom stereocenters. The maximum atomic E-state index is 8.09. The molecule has 0 aliphatic carbocycles. The van der Waals surface area contributed by atoms with Crippen molar-refractivity contribution in [3.8, 4) is 0 Å². The van der Waals surface area contributed by atoms with Crippen LogP contribution in [0, 0.1) is 0 Å². The van der Waals surface area contributed by atoms with E-state index in [1.165, 1.54) is 0 Å². The monoisotopic (exact) mass is 817 g/mol. The Morgan fingerprint density at radius 1 is 0.589 bits per heavy atom. The first kappa shape index (κ1) is 45.2. The molecule has 2 heterocycles. The molecule has 3 aromatic rings. The van der Waals surface area contributed by atoms with Crippen LogP contribution >= 0.6 is 0 Å². The zero-order valence-corrected chi connectivity index (χ0v) is 40.4. The number of hydrogen-bond donors (Lipinski definition) is 0. The highest BCUT2D eigenvalue weighted by Gasteiger charge is 2.59. The van der Waals surface area contributed by atoms with Gasteiger partial charge in [-0.05, 0) is 75.5 Å². The highest BCUT2D eigenvalue weighted by Crippen LogP contribution is 2.50. The van der Waals surface area contributed by atoms with E-state index in [2.05, 4.69) is 187 Å². The van der Waals surface area contributed by atoms with Gasteiger partial charge in [-0.15, -0.1) is 0 Å². The second kappa shape index (κ2) is 18.6. The Balaban J connectivity index is 1.75. The number of fused-ring (bicyclic) bond motifs is 1. The van der Waals surface area contributed by atoms with Crippen molar-refractivity contribution in [1.82, 2.24) is 0 Å². The lowest BCUT2D eigenvalue weighted by molar-refractivity contribution is -0.226. The Morgan fingerprint density at radius 2 is 0.964 bits per heavy atom. The fourth-order valence-electron chi connectivity index (χ4n) is 11.2. The van der Waals surface area contributed by atoms with Gasteiger partial charge in [-0.25, -0.2) is 0 Å². The van der Waals surface area contributed by atoms with Gasteiger partial charge >= 0.3 is 0 Å². The van der Waals surface area contributed by atoms with Crippen molar-refractivity contribution in [3.05, 3.63) is 108 Å². The summed E-state index contributed by atoms with van der Waals surface area (Å²) in [4.78, 5) is 0. The lowest BCUT2D eigenvalue weighted by Crippen LogP contribution is -2.68. The Labute approximate surface area is 345 Å². The standard InChI is InChI=1S/C48H76O5Si3/c1-34(2)55(35(3)4,36(5)6)52-46-44(33-49-48(40-25-18-15-19-26-40,41-27-20-16-21-28-41)42-29-22-17-23-30-42)50-43-31-24-32-54(13,14)51-45(43)47(46)53-56(37(7)8,38(9)10)39(11)12/h15-23,25-30,34-39,43-47H,24,31-33H2,1-14H3/t43-,44-,45+,46-,47-/m1/s1. The lowest BCUT2D eigenvalue weighted by Gasteiger charge is -2.56. The van der Waals surface area contributed by atoms with Crippen LogP contribution in [0.15, 0.2) is 91.0 Å². The molecule has 2 fully saturated rings. The molecular formula is C48H76O5Si3. The van der Waals surface area contributed by atoms with Crippen molar-refractivity contribution >= 4 is 25.0 Å². The van der Waals surface area contributed by atoms with E-state index in [1.807, 2.05) is 0 Å². The molecule has 2 saturated heterocycles. The molecule has 5 nitrogen and oxygen atoms in total. The normalized spacial score (nSPS) is 23.7. The topological polar surface area (TPSA) is 46.2 Å². The van der Waals surface area contributed by atoms with E-state index in [0.717, 1.165) is 35.6 Å². The van der Waals surface area contributed by atoms with Crippen LogP contribution < -0.4 is 0 Å². The van der Waals surface area contributed by atoms with Gasteiger partial charge in [-0.3, -0.25) is 0 Å². The Bertz CT molecular complexity index is 1490. The highest BCUT2D eigenvalue weighted by atomic mass is 28.4. The first-order valence-corrected chi connectivity index (χ1v) is 29.3. The van der Waals surface area contributed by atoms with Crippen LogP contribution in [0.25, 0.3) is 0 Å². The molecule has 0 amide bonds. The van der Waals surface area contributed by atoms with Crippen LogP contribution in [0.1, 0.15) is 113 Å². The minimum atomic E-state index is -2.47. The fraction of sp³-hybridized carbons (Fsp3) is 0.625. The average molecular weight is 817 g/mol. The van der Waals surface area contributed by atoms with E-state index >= 15 is 0 Å². The summed E-state index contributed by atoms with van der Waals surface area (Å²) in [6, 6.07) is 33.3. The zero-order valence-electron chi connectivity index (χ0n) is 37.4. The summed E-state index contributed by atoms with van der Waals surface area (Å²) in [5.41, 5.74) is 4.80. The maximum Gasteiger partial charge on any atom is 0.201 e. The third-order valence-corrected chi connectivity index (χ3v) is 28.2. The molecule has 3 aromatic carbocycles. The summed E-state index contributed by atoms with van der Waals surface area (Å²) in [6.45, 7) is 33.8. The van der Waals surface area contributed by atoms with Gasteiger partial charge in [-0.1, -0.05) is 181 Å². The van der Waals surface area contributed by atoms with E-state index in [0.29, 0.717) is 39.9 Å². The molecule has 0 bridgehead atoms. The minimum absolute atomic E-state index is 0.103. The number of hydrogen-bond acceptors (Lipinski definition) is 5. The lowest BCUT2D eigenvalue weighted by atomic mass is 9.80. The second-order valence-electron chi connectivity index (χ2n) is 19.3. The molecule has 0 radical (unpaired) electrons. The molecule has 56 heavy (non-hydrogen) atoms. The average Bonchev–Trinajstić information content (AvgIpc) is 3.30. The molecule has 5 rings (SSSR count). The van der Waals surface area contributed by atoms with Gasteiger partial charge in [-0.2, -0.15) is 0 Å². The van der Waals surface area contributed by atoms with Crippen LogP contribution in [-0.2, 0) is 28.4 Å². The maximum absolute atomic E-state index is 8.09. The van der Waals surface area contributed by atoms with E-state index in [-0.39, 0.29) is 30.5 Å². The van der Waals surface area contributed by atoms with Gasteiger partial charge in [0.05, 0.1) is 18.8 Å². The number of benzene rings is 3. The molecule has 0 spiro atoms. The third kappa shape index (κ3) is 8.84. The summed E-state index contributed by atoms with van der Waals surface area (Å²) in [6.07, 6.45) is 0.751. The zero-order chi connectivity index (χ0) is 41.1. The fourth-order valence-corrected chi connectivity index (χ4v) is 24.5. The van der Waals surface area contributed by atoms with Crippen molar-refractivity contribution in [2.24, 2.45) is 0 Å². The van der Waals surface area contributed by atoms with Crippen molar-refractivity contribution in [2.75, 3.05) is 6.61 Å². The first-order chi connectivity index (χ1) is 26.4. The summed E-state index contributed by atoms with van der Waals surface area (Å²) in [5.74, 6) is 0. The van der Waals surface area contributed by atoms with Gasteiger partial charge in [0.2, 0.25) is 16.6 Å². The van der Waals surface area contributed by atoms with Crippen LogP contribution in [-0.4, -0.2) is 62.1 Å². The van der Waals surface area contributed by atoms with E-state index in [1.54, 1.807) is 0 Å². The van der Waals surface area contributed by atoms with Gasteiger partial charge in [0.25, 0.3) is 0 Å². The predicted octanol–water partition coefficient (Wildman–Crippen LogP) is 13.3. The SMILES string of the molecule is CC(C)[Si](O[C@@H]1[C@H]2O[Si](C)(C)CCC[C@H]2O[C@H](COC(c2ccccc2)(c2ccccc2)c2ccccc2)[C@H]1O[Si](C(C)C)(C(C)C)C(C)C)(C(C)C)C(C)C. The summed E-state index contributed by atoms with van der Waals surface area (Å²) in [7, 11) is -6.92. The summed E-state index contributed by atoms with van der Waals surface area (Å²) < 4.78 is 38.8. The molecule has 2 aliphatic rings. The Kier molecular flexibility index (Phi) is 15.0. The molecule has 0 aromatic heterocycles. The van der Waals surface area contributed by atoms with E-state index < -0.39 is 30.6 Å². The number of rotatable bonds is 16. The largest absolute Gasteiger partial charge is 0.409 e. The van der Waals surface area contributed by atoms with Crippen molar-refractivity contribution in [3.63, 3.8) is 0 Å². The Morgan fingerprint density at radius 3 is 1.34 bits per heavy atom. The number of ether oxygens (including phenoxy) is 2. The van der Waals surface area contributed by atoms with Gasteiger partial charge in [0.1, 0.15) is 23.9 Å². The molecule has 0 N–H and O–H groups in total. The molecule has 2 aliphatic heterocycles. The molecule has 8 heteroatoms. The van der Waals surface area contributed by atoms with Crippen LogP contribution in [0.4, 0.5) is 0 Å². The smallest absolute Gasteiger partial charge is 0.201 e. The second-order valence-corrected chi connectivity index (χ2v) is 34.4. The van der Waals surface area contributed by atoms with Crippen LogP contribution in [0.2, 0.25) is 52.4 Å². The van der Waals surface area contributed by atoms with Gasteiger partial charge in [0.15, 0.2) is 8.32 Å².